The van der Waals surface area contributed by atoms with E-state index in [1.807, 2.05) is 41.1 Å². The molecule has 1 fully saturated rings. The van der Waals surface area contributed by atoms with E-state index in [0.717, 1.165) is 5.56 Å². The molecule has 0 aliphatic carbocycles. The maximum absolute atomic E-state index is 13.1. The maximum Gasteiger partial charge on any atom is 0.295 e. The van der Waals surface area contributed by atoms with Crippen molar-refractivity contribution in [1.82, 2.24) is 14.5 Å². The van der Waals surface area contributed by atoms with Crippen molar-refractivity contribution < 1.29 is 19.4 Å². The van der Waals surface area contributed by atoms with Crippen molar-refractivity contribution in [2.45, 2.75) is 19.0 Å². The molecule has 0 radical (unpaired) electrons. The number of rotatable bonds is 9. The van der Waals surface area contributed by atoms with Crippen molar-refractivity contribution in [2.75, 3.05) is 13.2 Å². The highest BCUT2D eigenvalue weighted by Crippen LogP contribution is 2.39. The Hall–Kier alpha value is -4.13. The predicted octanol–water partition coefficient (Wildman–Crippen LogP) is 3.96. The summed E-state index contributed by atoms with van der Waals surface area (Å²) in [6.45, 7) is 5.01. The number of carbonyl (C=O) groups is 2. The largest absolute Gasteiger partial charge is 0.507 e. The van der Waals surface area contributed by atoms with Crippen molar-refractivity contribution in [3.63, 3.8) is 0 Å². The number of Topliss-reactive ketones (excluding diaryl/α,β-unsaturated/α-hetero) is 1. The fourth-order valence-electron chi connectivity index (χ4n) is 3.95. The molecule has 1 aliphatic heterocycles. The van der Waals surface area contributed by atoms with Gasteiger partial charge in [0.15, 0.2) is 0 Å². The van der Waals surface area contributed by atoms with Crippen LogP contribution in [0, 0.1) is 0 Å². The van der Waals surface area contributed by atoms with Crippen molar-refractivity contribution in [1.29, 1.82) is 0 Å². The number of carbonyl (C=O) groups excluding carboxylic acids is 2. The van der Waals surface area contributed by atoms with Crippen LogP contribution in [0.25, 0.3) is 5.76 Å². The minimum atomic E-state index is -0.684. The number of aliphatic hydroxyl groups is 1. The molecule has 168 valence electrons. The first-order valence-electron chi connectivity index (χ1n) is 10.7. The Morgan fingerprint density at radius 2 is 1.85 bits per heavy atom. The van der Waals surface area contributed by atoms with Crippen LogP contribution >= 0.6 is 0 Å². The molecule has 1 aromatic heterocycles. The molecule has 33 heavy (non-hydrogen) atoms. The zero-order valence-electron chi connectivity index (χ0n) is 18.1. The molecule has 1 aliphatic rings. The van der Waals surface area contributed by atoms with E-state index in [-0.39, 0.29) is 11.3 Å². The number of hydrogen-bond donors (Lipinski definition) is 1. The third-order valence-corrected chi connectivity index (χ3v) is 5.53. The topological polar surface area (TPSA) is 84.7 Å². The second kappa shape index (κ2) is 9.99. The van der Waals surface area contributed by atoms with Gasteiger partial charge < -0.3 is 19.3 Å². The number of aliphatic hydroxyl groups excluding tert-OH is 1. The Kier molecular flexibility index (Phi) is 6.69. The summed E-state index contributed by atoms with van der Waals surface area (Å²) in [5, 5.41) is 11.1. The fraction of sp³-hybridized carbons (Fsp3) is 0.192. The van der Waals surface area contributed by atoms with Crippen LogP contribution < -0.4 is 4.74 Å². The lowest BCUT2D eigenvalue weighted by Gasteiger charge is -2.25. The van der Waals surface area contributed by atoms with Crippen LogP contribution in [0.5, 0.6) is 5.75 Å². The number of likely N-dealkylation sites (tertiary alicyclic amines) is 1. The van der Waals surface area contributed by atoms with Crippen LogP contribution in [-0.2, 0) is 16.1 Å². The maximum atomic E-state index is 13.1. The van der Waals surface area contributed by atoms with E-state index in [1.54, 1.807) is 47.8 Å². The Labute approximate surface area is 192 Å². The Morgan fingerprint density at radius 1 is 1.09 bits per heavy atom. The summed E-state index contributed by atoms with van der Waals surface area (Å²) in [5.41, 5.74) is 1.30. The Balaban J connectivity index is 1.66. The first-order chi connectivity index (χ1) is 16.1. The summed E-state index contributed by atoms with van der Waals surface area (Å²) < 4.78 is 7.41. The molecular weight excluding hydrogens is 418 g/mol. The molecule has 1 atom stereocenters. The standard InChI is InChI=1S/C26H25N3O4/c1-2-17-33-21-11-9-20(10-12-21)24(30)22-23(19-7-4-3-5-8-19)29(26(32)25(22)31)15-6-14-28-16-13-27-18-28/h2-5,7-13,16,18,23,30H,1,6,14-15,17H2/b24-22+/t23-/m0/s1. The van der Waals surface area contributed by atoms with Gasteiger partial charge in [0.05, 0.1) is 17.9 Å². The van der Waals surface area contributed by atoms with Gasteiger partial charge in [0, 0.05) is 31.0 Å². The van der Waals surface area contributed by atoms with E-state index in [2.05, 4.69) is 11.6 Å². The first-order valence-corrected chi connectivity index (χ1v) is 10.7. The summed E-state index contributed by atoms with van der Waals surface area (Å²) in [4.78, 5) is 31.6. The van der Waals surface area contributed by atoms with E-state index in [0.29, 0.717) is 37.4 Å². The quantitative estimate of drug-likeness (QED) is 0.234. The van der Waals surface area contributed by atoms with E-state index >= 15 is 0 Å². The van der Waals surface area contributed by atoms with Gasteiger partial charge in [-0.3, -0.25) is 9.59 Å². The normalized spacial score (nSPS) is 17.3. The molecule has 0 bridgehead atoms. The Morgan fingerprint density at radius 3 is 2.52 bits per heavy atom. The van der Waals surface area contributed by atoms with E-state index in [1.165, 1.54) is 0 Å². The van der Waals surface area contributed by atoms with Gasteiger partial charge in [-0.05, 0) is 36.2 Å². The second-order valence-corrected chi connectivity index (χ2v) is 7.68. The average Bonchev–Trinajstić information content (AvgIpc) is 3.45. The average molecular weight is 444 g/mol. The molecule has 1 saturated heterocycles. The van der Waals surface area contributed by atoms with E-state index in [9.17, 15) is 14.7 Å². The lowest BCUT2D eigenvalue weighted by molar-refractivity contribution is -0.139. The highest BCUT2D eigenvalue weighted by atomic mass is 16.5. The van der Waals surface area contributed by atoms with E-state index < -0.39 is 17.7 Å². The summed E-state index contributed by atoms with van der Waals surface area (Å²) >= 11 is 0. The minimum absolute atomic E-state index is 0.0913. The number of ketones is 1. The number of aryl methyl sites for hydroxylation is 1. The second-order valence-electron chi connectivity index (χ2n) is 7.68. The van der Waals surface area contributed by atoms with Gasteiger partial charge in [-0.15, -0.1) is 0 Å². The summed E-state index contributed by atoms with van der Waals surface area (Å²) in [6, 6.07) is 15.4. The number of nitrogens with zero attached hydrogens (tertiary/aromatic N) is 3. The third-order valence-electron chi connectivity index (χ3n) is 5.53. The molecule has 2 heterocycles. The van der Waals surface area contributed by atoms with Crippen molar-refractivity contribution in [3.8, 4) is 5.75 Å². The lowest BCUT2D eigenvalue weighted by atomic mass is 9.95. The van der Waals surface area contributed by atoms with Crippen LogP contribution in [0.15, 0.2) is 91.5 Å². The van der Waals surface area contributed by atoms with Gasteiger partial charge in [-0.2, -0.15) is 0 Å². The molecule has 4 rings (SSSR count). The molecule has 7 nitrogen and oxygen atoms in total. The van der Waals surface area contributed by atoms with Crippen molar-refractivity contribution in [2.24, 2.45) is 0 Å². The number of imidazole rings is 1. The van der Waals surface area contributed by atoms with E-state index in [4.69, 9.17) is 4.74 Å². The summed E-state index contributed by atoms with van der Waals surface area (Å²) in [6.07, 6.45) is 7.55. The molecular formula is C26H25N3O4. The van der Waals surface area contributed by atoms with Crippen molar-refractivity contribution in [3.05, 3.63) is 103 Å². The molecule has 3 aromatic rings. The molecule has 0 spiro atoms. The van der Waals surface area contributed by atoms with Crippen LogP contribution in [0.3, 0.4) is 0 Å². The molecule has 2 aromatic carbocycles. The molecule has 1 N–H and O–H groups in total. The minimum Gasteiger partial charge on any atom is -0.507 e. The van der Waals surface area contributed by atoms with Crippen LogP contribution in [0.1, 0.15) is 23.6 Å². The zero-order valence-corrected chi connectivity index (χ0v) is 18.1. The third kappa shape index (κ3) is 4.72. The van der Waals surface area contributed by atoms with Crippen LogP contribution in [-0.4, -0.2) is 44.4 Å². The molecule has 0 unspecified atom stereocenters. The van der Waals surface area contributed by atoms with Gasteiger partial charge in [0.25, 0.3) is 11.7 Å². The molecule has 7 heteroatoms. The SMILES string of the molecule is C=CCOc1ccc(/C(O)=C2\C(=O)C(=O)N(CCCn3ccnc3)[C@H]2c2ccccc2)cc1. The number of amides is 1. The smallest absolute Gasteiger partial charge is 0.295 e. The van der Waals surface area contributed by atoms with Crippen molar-refractivity contribution >= 4 is 17.4 Å². The van der Waals surface area contributed by atoms with Gasteiger partial charge >= 0.3 is 0 Å². The summed E-state index contributed by atoms with van der Waals surface area (Å²) in [7, 11) is 0. The van der Waals surface area contributed by atoms with Gasteiger partial charge in [0.1, 0.15) is 18.1 Å². The molecule has 1 amide bonds. The number of benzene rings is 2. The van der Waals surface area contributed by atoms with Crippen LogP contribution in [0.2, 0.25) is 0 Å². The summed E-state index contributed by atoms with van der Waals surface area (Å²) in [5.74, 6) is -0.876. The Bertz CT molecular complexity index is 1150. The lowest BCUT2D eigenvalue weighted by Crippen LogP contribution is -2.31. The highest BCUT2D eigenvalue weighted by molar-refractivity contribution is 6.46. The number of ether oxygens (including phenoxy) is 1. The predicted molar refractivity (Wildman–Crippen MR) is 124 cm³/mol. The zero-order chi connectivity index (χ0) is 23.2. The molecule has 0 saturated carbocycles. The first kappa shape index (κ1) is 22.1. The highest BCUT2D eigenvalue weighted by Gasteiger charge is 2.45. The van der Waals surface area contributed by atoms with Gasteiger partial charge in [-0.1, -0.05) is 43.0 Å². The number of hydrogen-bond acceptors (Lipinski definition) is 5. The van der Waals surface area contributed by atoms with Gasteiger partial charge in [0.2, 0.25) is 0 Å². The van der Waals surface area contributed by atoms with Crippen LogP contribution in [0.4, 0.5) is 0 Å². The van der Waals surface area contributed by atoms with Gasteiger partial charge in [-0.25, -0.2) is 4.98 Å². The number of aromatic nitrogens is 2. The monoisotopic (exact) mass is 443 g/mol. The fourth-order valence-corrected chi connectivity index (χ4v) is 3.95.